The number of amides is 1. The highest BCUT2D eigenvalue weighted by Gasteiger charge is 2.37. The summed E-state index contributed by atoms with van der Waals surface area (Å²) in [6.07, 6.45) is 10.9. The van der Waals surface area contributed by atoms with Crippen molar-refractivity contribution in [3.8, 4) is 0 Å². The topological polar surface area (TPSA) is 90.0 Å². The highest BCUT2D eigenvalue weighted by molar-refractivity contribution is 5.85. The van der Waals surface area contributed by atoms with Crippen LogP contribution >= 0.6 is 0 Å². The Morgan fingerprint density at radius 2 is 1.94 bits per heavy atom. The van der Waals surface area contributed by atoms with Crippen molar-refractivity contribution < 1.29 is 4.79 Å². The summed E-state index contributed by atoms with van der Waals surface area (Å²) in [6.45, 7) is 7.33. The van der Waals surface area contributed by atoms with Gasteiger partial charge in [-0.15, -0.1) is 0 Å². The highest BCUT2D eigenvalue weighted by atomic mass is 16.2. The lowest BCUT2D eigenvalue weighted by Crippen LogP contribution is -2.45. The molecule has 6 rings (SSSR count). The van der Waals surface area contributed by atoms with E-state index in [0.717, 1.165) is 81.9 Å². The van der Waals surface area contributed by atoms with E-state index in [9.17, 15) is 4.79 Å². The molecule has 2 aliphatic carbocycles. The summed E-state index contributed by atoms with van der Waals surface area (Å²) in [4.78, 5) is 27.3. The van der Waals surface area contributed by atoms with E-state index in [-0.39, 0.29) is 11.9 Å². The largest absolute Gasteiger partial charge is 0.341 e. The Hall–Kier alpha value is -2.64. The van der Waals surface area contributed by atoms with E-state index in [0.29, 0.717) is 17.3 Å². The number of hydrogen-bond acceptors (Lipinski definition) is 6. The first-order chi connectivity index (χ1) is 16.5. The van der Waals surface area contributed by atoms with Crippen LogP contribution in [0.2, 0.25) is 0 Å². The molecule has 34 heavy (non-hydrogen) atoms. The van der Waals surface area contributed by atoms with Crippen LogP contribution in [0, 0.1) is 5.41 Å². The lowest BCUT2D eigenvalue weighted by Gasteiger charge is -2.28. The molecule has 4 heterocycles. The SMILES string of the molecule is CC1(C)CCC(c2cc(Nc3nc(N4CCCC4C(=O)N4CCCC4)nc4c3CCC4)n[nH]2)C1. The van der Waals surface area contributed by atoms with E-state index in [2.05, 4.69) is 40.3 Å². The van der Waals surface area contributed by atoms with E-state index < -0.39 is 0 Å². The van der Waals surface area contributed by atoms with E-state index in [4.69, 9.17) is 9.97 Å². The number of anilines is 3. The van der Waals surface area contributed by atoms with Gasteiger partial charge in [0.15, 0.2) is 5.82 Å². The second-order valence-corrected chi connectivity index (χ2v) is 11.5. The van der Waals surface area contributed by atoms with Crippen molar-refractivity contribution in [2.24, 2.45) is 5.41 Å². The number of fused-ring (bicyclic) bond motifs is 1. The Morgan fingerprint density at radius 1 is 1.09 bits per heavy atom. The van der Waals surface area contributed by atoms with Gasteiger partial charge < -0.3 is 15.1 Å². The third kappa shape index (κ3) is 4.05. The predicted octanol–water partition coefficient (Wildman–Crippen LogP) is 4.32. The molecule has 1 saturated carbocycles. The van der Waals surface area contributed by atoms with Gasteiger partial charge in [0.1, 0.15) is 11.9 Å². The molecule has 2 unspecified atom stereocenters. The molecule has 1 amide bonds. The number of hydrogen-bond donors (Lipinski definition) is 2. The van der Waals surface area contributed by atoms with Crippen molar-refractivity contribution >= 4 is 23.5 Å². The van der Waals surface area contributed by atoms with Crippen molar-refractivity contribution in [2.45, 2.75) is 90.0 Å². The smallest absolute Gasteiger partial charge is 0.245 e. The molecule has 182 valence electrons. The fourth-order valence-electron chi connectivity index (χ4n) is 6.50. The van der Waals surface area contributed by atoms with Crippen LogP contribution in [0.1, 0.15) is 88.1 Å². The quantitative estimate of drug-likeness (QED) is 0.687. The number of H-pyrrole nitrogens is 1. The Balaban J connectivity index is 1.25. The second-order valence-electron chi connectivity index (χ2n) is 11.5. The lowest BCUT2D eigenvalue weighted by atomic mass is 9.90. The second kappa shape index (κ2) is 8.54. The van der Waals surface area contributed by atoms with Crippen molar-refractivity contribution in [3.63, 3.8) is 0 Å². The Kier molecular flexibility index (Phi) is 5.49. The van der Waals surface area contributed by atoms with Crippen LogP contribution < -0.4 is 10.2 Å². The van der Waals surface area contributed by atoms with Gasteiger partial charge in [-0.25, -0.2) is 4.98 Å². The maximum atomic E-state index is 13.2. The zero-order chi connectivity index (χ0) is 23.3. The zero-order valence-electron chi connectivity index (χ0n) is 20.6. The van der Waals surface area contributed by atoms with E-state index in [1.807, 2.05) is 4.90 Å². The van der Waals surface area contributed by atoms with Gasteiger partial charge >= 0.3 is 0 Å². The van der Waals surface area contributed by atoms with Crippen LogP contribution in [0.5, 0.6) is 0 Å². The molecule has 4 aliphatic rings. The fourth-order valence-corrected chi connectivity index (χ4v) is 6.50. The minimum absolute atomic E-state index is 0.131. The van der Waals surface area contributed by atoms with Crippen LogP contribution in [-0.2, 0) is 17.6 Å². The molecule has 0 aromatic carbocycles. The molecule has 0 spiro atoms. The Morgan fingerprint density at radius 3 is 2.74 bits per heavy atom. The maximum Gasteiger partial charge on any atom is 0.245 e. The van der Waals surface area contributed by atoms with Gasteiger partial charge in [0, 0.05) is 42.9 Å². The molecule has 8 nitrogen and oxygen atoms in total. The summed E-state index contributed by atoms with van der Waals surface area (Å²) in [7, 11) is 0. The maximum absolute atomic E-state index is 13.2. The number of aromatic amines is 1. The molecule has 2 atom stereocenters. The zero-order valence-corrected chi connectivity index (χ0v) is 20.6. The van der Waals surface area contributed by atoms with Gasteiger partial charge in [0.2, 0.25) is 11.9 Å². The molecule has 2 aromatic heterocycles. The van der Waals surface area contributed by atoms with Crippen molar-refractivity contribution in [3.05, 3.63) is 23.0 Å². The third-order valence-electron chi connectivity index (χ3n) is 8.39. The molecular formula is C26H37N7O. The van der Waals surface area contributed by atoms with Crippen LogP contribution in [0.4, 0.5) is 17.6 Å². The van der Waals surface area contributed by atoms with E-state index in [1.165, 1.54) is 30.5 Å². The van der Waals surface area contributed by atoms with Crippen LogP contribution in [-0.4, -0.2) is 56.6 Å². The lowest BCUT2D eigenvalue weighted by molar-refractivity contribution is -0.131. The predicted molar refractivity (Wildman–Crippen MR) is 132 cm³/mol. The number of aryl methyl sites for hydroxylation is 1. The van der Waals surface area contributed by atoms with Crippen LogP contribution in [0.15, 0.2) is 6.07 Å². The van der Waals surface area contributed by atoms with Crippen molar-refractivity contribution in [1.29, 1.82) is 0 Å². The number of likely N-dealkylation sites (tertiary alicyclic amines) is 1. The number of nitrogens with zero attached hydrogens (tertiary/aromatic N) is 5. The highest BCUT2D eigenvalue weighted by Crippen LogP contribution is 2.45. The fraction of sp³-hybridized carbons (Fsp3) is 0.692. The average Bonchev–Trinajstić information content (AvgIpc) is 3.63. The number of carbonyl (C=O) groups excluding carboxylic acids is 1. The van der Waals surface area contributed by atoms with Gasteiger partial charge in [0.05, 0.1) is 5.69 Å². The molecule has 0 bridgehead atoms. The molecule has 2 aliphatic heterocycles. The Labute approximate surface area is 201 Å². The average molecular weight is 464 g/mol. The van der Waals surface area contributed by atoms with E-state index >= 15 is 0 Å². The Bertz CT molecular complexity index is 1070. The third-order valence-corrected chi connectivity index (χ3v) is 8.39. The van der Waals surface area contributed by atoms with Crippen molar-refractivity contribution in [1.82, 2.24) is 25.1 Å². The number of carbonyl (C=O) groups is 1. The van der Waals surface area contributed by atoms with Gasteiger partial charge in [-0.1, -0.05) is 13.8 Å². The molecule has 2 saturated heterocycles. The minimum Gasteiger partial charge on any atom is -0.341 e. The van der Waals surface area contributed by atoms with E-state index in [1.54, 1.807) is 0 Å². The molecule has 0 radical (unpaired) electrons. The number of nitrogens with one attached hydrogen (secondary N) is 2. The molecule has 8 heteroatoms. The summed E-state index contributed by atoms with van der Waals surface area (Å²) < 4.78 is 0. The van der Waals surface area contributed by atoms with Gasteiger partial charge in [-0.3, -0.25) is 9.89 Å². The van der Waals surface area contributed by atoms with Gasteiger partial charge in [-0.2, -0.15) is 10.1 Å². The molecule has 2 N–H and O–H groups in total. The summed E-state index contributed by atoms with van der Waals surface area (Å²) in [5.74, 6) is 3.19. The molecular weight excluding hydrogens is 426 g/mol. The standard InChI is InChI=1S/C26H37N7O/c1-26(2)11-10-17(16-26)20-15-22(31-30-20)28-23-18-7-5-8-19(18)27-25(29-23)33-14-6-9-21(33)24(34)32-12-3-4-13-32/h15,17,21H,3-14,16H2,1-2H3,(H2,27,28,29,30,31). The normalized spacial score (nSPS) is 25.8. The first-order valence-corrected chi connectivity index (χ1v) is 13.2. The minimum atomic E-state index is -0.131. The van der Waals surface area contributed by atoms with Crippen LogP contribution in [0.3, 0.4) is 0 Å². The number of aromatic nitrogens is 4. The first kappa shape index (κ1) is 21.9. The first-order valence-electron chi connectivity index (χ1n) is 13.2. The summed E-state index contributed by atoms with van der Waals surface area (Å²) in [5.41, 5.74) is 3.96. The summed E-state index contributed by atoms with van der Waals surface area (Å²) >= 11 is 0. The summed E-state index contributed by atoms with van der Waals surface area (Å²) in [5, 5.41) is 11.4. The monoisotopic (exact) mass is 463 g/mol. The number of rotatable bonds is 5. The van der Waals surface area contributed by atoms with Crippen molar-refractivity contribution in [2.75, 3.05) is 29.9 Å². The van der Waals surface area contributed by atoms with Gasteiger partial charge in [0.25, 0.3) is 0 Å². The summed E-state index contributed by atoms with van der Waals surface area (Å²) in [6, 6.07) is 2.03. The van der Waals surface area contributed by atoms with Crippen LogP contribution in [0.25, 0.3) is 0 Å². The van der Waals surface area contributed by atoms with Gasteiger partial charge in [-0.05, 0) is 69.6 Å². The molecule has 2 aromatic rings. The molecule has 3 fully saturated rings.